The molecule has 27 heavy (non-hydrogen) atoms. The van der Waals surface area contributed by atoms with Crippen LogP contribution in [-0.4, -0.2) is 25.0 Å². The van der Waals surface area contributed by atoms with Gasteiger partial charge in [-0.1, -0.05) is 12.1 Å². The van der Waals surface area contributed by atoms with Crippen LogP contribution in [0.3, 0.4) is 0 Å². The second-order valence-electron chi connectivity index (χ2n) is 6.15. The quantitative estimate of drug-likeness (QED) is 0.717. The summed E-state index contributed by atoms with van der Waals surface area (Å²) in [5, 5.41) is 2.85. The number of nitrogens with one attached hydrogen (secondary N) is 1. The van der Waals surface area contributed by atoms with E-state index in [0.29, 0.717) is 22.8 Å². The van der Waals surface area contributed by atoms with E-state index < -0.39 is 0 Å². The Morgan fingerprint density at radius 3 is 2.59 bits per heavy atom. The summed E-state index contributed by atoms with van der Waals surface area (Å²) in [6, 6.07) is 16.7. The van der Waals surface area contributed by atoms with Crippen LogP contribution in [0.4, 0.5) is 10.1 Å². The lowest BCUT2D eigenvalue weighted by atomic mass is 10.2. The minimum absolute atomic E-state index is 0.194. The van der Waals surface area contributed by atoms with Crippen LogP contribution in [0.2, 0.25) is 0 Å². The third-order valence-electron chi connectivity index (χ3n) is 3.95. The summed E-state index contributed by atoms with van der Waals surface area (Å²) < 4.78 is 19.0. The molecule has 5 nitrogen and oxygen atoms in total. The molecule has 0 aliphatic carbocycles. The van der Waals surface area contributed by atoms with Crippen molar-refractivity contribution in [1.29, 1.82) is 0 Å². The minimum Gasteiger partial charge on any atom is -0.439 e. The maximum atomic E-state index is 13.3. The summed E-state index contributed by atoms with van der Waals surface area (Å²) in [5.74, 6) is 0.0900. The molecule has 0 saturated heterocycles. The number of anilines is 1. The summed E-state index contributed by atoms with van der Waals surface area (Å²) in [6.45, 7) is 0.243. The van der Waals surface area contributed by atoms with Crippen molar-refractivity contribution < 1.29 is 13.9 Å². The van der Waals surface area contributed by atoms with Crippen molar-refractivity contribution in [3.05, 3.63) is 83.8 Å². The van der Waals surface area contributed by atoms with Crippen molar-refractivity contribution in [2.45, 2.75) is 6.54 Å². The number of benzene rings is 2. The van der Waals surface area contributed by atoms with Crippen LogP contribution in [-0.2, 0) is 6.54 Å². The van der Waals surface area contributed by atoms with Crippen molar-refractivity contribution in [1.82, 2.24) is 10.3 Å². The van der Waals surface area contributed by atoms with E-state index in [1.807, 2.05) is 31.1 Å². The SMILES string of the molecule is CN(C)c1ccc(C(=O)NCc2cccnc2Oc2cccc(F)c2)cc1. The lowest BCUT2D eigenvalue weighted by molar-refractivity contribution is 0.0950. The van der Waals surface area contributed by atoms with Gasteiger partial charge in [-0.15, -0.1) is 0 Å². The number of hydrogen-bond acceptors (Lipinski definition) is 4. The molecule has 6 heteroatoms. The van der Waals surface area contributed by atoms with Crippen molar-refractivity contribution in [3.63, 3.8) is 0 Å². The van der Waals surface area contributed by atoms with Gasteiger partial charge < -0.3 is 15.0 Å². The molecular formula is C21H20FN3O2. The van der Waals surface area contributed by atoms with Gasteiger partial charge >= 0.3 is 0 Å². The highest BCUT2D eigenvalue weighted by molar-refractivity contribution is 5.94. The van der Waals surface area contributed by atoms with Crippen LogP contribution in [0.25, 0.3) is 0 Å². The van der Waals surface area contributed by atoms with E-state index >= 15 is 0 Å². The maximum absolute atomic E-state index is 13.3. The molecule has 3 aromatic rings. The molecular weight excluding hydrogens is 345 g/mol. The Bertz CT molecular complexity index is 927. The first-order valence-electron chi connectivity index (χ1n) is 8.46. The normalized spacial score (nSPS) is 10.3. The molecule has 0 bridgehead atoms. The average molecular weight is 365 g/mol. The van der Waals surface area contributed by atoms with Crippen LogP contribution in [0.5, 0.6) is 11.6 Å². The van der Waals surface area contributed by atoms with Gasteiger partial charge in [-0.25, -0.2) is 9.37 Å². The molecule has 0 atom stereocenters. The first kappa shape index (κ1) is 18.4. The molecule has 3 rings (SSSR count). The van der Waals surface area contributed by atoms with Crippen LogP contribution < -0.4 is 15.0 Å². The standard InChI is InChI=1S/C21H20FN3O2/c1-25(2)18-10-8-15(9-11-18)20(26)24-14-16-5-4-12-23-21(16)27-19-7-3-6-17(22)13-19/h3-13H,14H2,1-2H3,(H,24,26). The number of pyridine rings is 1. The summed E-state index contributed by atoms with van der Waals surface area (Å²) in [5.41, 5.74) is 2.28. The van der Waals surface area contributed by atoms with Crippen LogP contribution in [0, 0.1) is 5.82 Å². The fourth-order valence-corrected chi connectivity index (χ4v) is 2.48. The molecule has 0 aliphatic heterocycles. The monoisotopic (exact) mass is 365 g/mol. The number of amides is 1. The highest BCUT2D eigenvalue weighted by Crippen LogP contribution is 2.23. The number of hydrogen-bond donors (Lipinski definition) is 1. The number of carbonyl (C=O) groups is 1. The topological polar surface area (TPSA) is 54.5 Å². The minimum atomic E-state index is -0.389. The zero-order valence-corrected chi connectivity index (χ0v) is 15.1. The van der Waals surface area contributed by atoms with Crippen LogP contribution in [0.1, 0.15) is 15.9 Å². The van der Waals surface area contributed by atoms with Crippen molar-refractivity contribution in [2.75, 3.05) is 19.0 Å². The number of halogens is 1. The van der Waals surface area contributed by atoms with Gasteiger partial charge in [-0.2, -0.15) is 0 Å². The maximum Gasteiger partial charge on any atom is 0.251 e. The molecule has 0 radical (unpaired) electrons. The predicted octanol–water partition coefficient (Wildman–Crippen LogP) is 4.01. The summed E-state index contributed by atoms with van der Waals surface area (Å²) in [4.78, 5) is 18.5. The van der Waals surface area contributed by atoms with Crippen molar-refractivity contribution >= 4 is 11.6 Å². The molecule has 0 saturated carbocycles. The molecule has 0 aliphatic rings. The van der Waals surface area contributed by atoms with Gasteiger partial charge in [0.25, 0.3) is 5.91 Å². The Labute approximate surface area is 157 Å². The van der Waals surface area contributed by atoms with Gasteiger partial charge in [-0.3, -0.25) is 4.79 Å². The Balaban J connectivity index is 1.68. The number of nitrogens with zero attached hydrogens (tertiary/aromatic N) is 2. The molecule has 1 aromatic heterocycles. The first-order chi connectivity index (χ1) is 13.0. The van der Waals surface area contributed by atoms with E-state index in [-0.39, 0.29) is 18.3 Å². The first-order valence-corrected chi connectivity index (χ1v) is 8.46. The van der Waals surface area contributed by atoms with Gasteiger partial charge in [0, 0.05) is 49.7 Å². The lowest BCUT2D eigenvalue weighted by Crippen LogP contribution is -2.23. The van der Waals surface area contributed by atoms with Gasteiger partial charge in [0.05, 0.1) is 0 Å². The Kier molecular flexibility index (Phi) is 5.66. The lowest BCUT2D eigenvalue weighted by Gasteiger charge is -2.13. The molecule has 0 unspecified atom stereocenters. The Morgan fingerprint density at radius 2 is 1.89 bits per heavy atom. The second kappa shape index (κ2) is 8.31. The summed E-state index contributed by atoms with van der Waals surface area (Å²) >= 11 is 0. The number of aromatic nitrogens is 1. The van der Waals surface area contributed by atoms with E-state index in [0.717, 1.165) is 5.69 Å². The van der Waals surface area contributed by atoms with E-state index in [1.54, 1.807) is 42.6 Å². The molecule has 1 amide bonds. The van der Waals surface area contributed by atoms with E-state index in [9.17, 15) is 9.18 Å². The van der Waals surface area contributed by atoms with Gasteiger partial charge in [0.15, 0.2) is 0 Å². The zero-order chi connectivity index (χ0) is 19.2. The van der Waals surface area contributed by atoms with Crippen LogP contribution >= 0.6 is 0 Å². The number of rotatable bonds is 6. The van der Waals surface area contributed by atoms with Crippen LogP contribution in [0.15, 0.2) is 66.9 Å². The smallest absolute Gasteiger partial charge is 0.251 e. The highest BCUT2D eigenvalue weighted by atomic mass is 19.1. The fourth-order valence-electron chi connectivity index (χ4n) is 2.48. The average Bonchev–Trinajstić information content (AvgIpc) is 2.67. The van der Waals surface area contributed by atoms with Crippen molar-refractivity contribution in [3.8, 4) is 11.6 Å². The van der Waals surface area contributed by atoms with E-state index in [4.69, 9.17) is 4.74 Å². The third kappa shape index (κ3) is 4.82. The van der Waals surface area contributed by atoms with E-state index in [2.05, 4.69) is 10.3 Å². The molecule has 1 heterocycles. The van der Waals surface area contributed by atoms with Gasteiger partial charge in [0.1, 0.15) is 11.6 Å². The second-order valence-corrected chi connectivity index (χ2v) is 6.15. The Morgan fingerprint density at radius 1 is 1.11 bits per heavy atom. The molecule has 1 N–H and O–H groups in total. The molecule has 2 aromatic carbocycles. The van der Waals surface area contributed by atoms with Crippen molar-refractivity contribution in [2.24, 2.45) is 0 Å². The summed E-state index contributed by atoms with van der Waals surface area (Å²) in [7, 11) is 3.88. The molecule has 0 fully saturated rings. The van der Waals surface area contributed by atoms with Gasteiger partial charge in [0.2, 0.25) is 5.88 Å². The molecule has 138 valence electrons. The zero-order valence-electron chi connectivity index (χ0n) is 15.1. The fraction of sp³-hybridized carbons (Fsp3) is 0.143. The number of ether oxygens (including phenoxy) is 1. The van der Waals surface area contributed by atoms with Gasteiger partial charge in [-0.05, 0) is 42.5 Å². The predicted molar refractivity (Wildman–Crippen MR) is 103 cm³/mol. The highest BCUT2D eigenvalue weighted by Gasteiger charge is 2.10. The molecule has 0 spiro atoms. The van der Waals surface area contributed by atoms with E-state index in [1.165, 1.54) is 12.1 Å². The largest absolute Gasteiger partial charge is 0.439 e. The Hall–Kier alpha value is -3.41. The number of carbonyl (C=O) groups excluding carboxylic acids is 1. The summed E-state index contributed by atoms with van der Waals surface area (Å²) in [6.07, 6.45) is 1.58. The third-order valence-corrected chi connectivity index (χ3v) is 3.95.